The number of nitrogens with zero attached hydrogens (tertiary/aromatic N) is 1. The van der Waals surface area contributed by atoms with E-state index in [0.29, 0.717) is 13.2 Å². The van der Waals surface area contributed by atoms with Crippen molar-refractivity contribution in [2.24, 2.45) is 0 Å². The molecule has 164 valence electrons. The Balaban J connectivity index is 1.77. The van der Waals surface area contributed by atoms with Gasteiger partial charge in [0.1, 0.15) is 5.00 Å². The Morgan fingerprint density at radius 1 is 1.00 bits per heavy atom. The zero-order valence-corrected chi connectivity index (χ0v) is 19.3. The number of sulfone groups is 2. The number of rotatable bonds is 7. The molecule has 3 aromatic rings. The second-order valence-electron chi connectivity index (χ2n) is 7.26. The molecule has 0 aliphatic carbocycles. The molecule has 1 saturated heterocycles. The molecule has 0 amide bonds. The Hall–Kier alpha value is -2.27. The van der Waals surface area contributed by atoms with Gasteiger partial charge in [-0.3, -0.25) is 0 Å². The summed E-state index contributed by atoms with van der Waals surface area (Å²) in [7, 11) is -7.98. The van der Waals surface area contributed by atoms with Crippen LogP contribution in [0.5, 0.6) is 0 Å². The van der Waals surface area contributed by atoms with Crippen LogP contribution >= 0.6 is 11.3 Å². The van der Waals surface area contributed by atoms with Gasteiger partial charge < -0.3 is 10.1 Å². The molecule has 1 fully saturated rings. The average molecular weight is 479 g/mol. The lowest BCUT2D eigenvalue weighted by atomic mass is 10.2. The lowest BCUT2D eigenvalue weighted by Gasteiger charge is -2.11. The van der Waals surface area contributed by atoms with Gasteiger partial charge in [0.25, 0.3) is 0 Å². The largest absolute Gasteiger partial charge is 0.376 e. The molecule has 10 heteroatoms. The van der Waals surface area contributed by atoms with E-state index in [0.717, 1.165) is 29.7 Å². The van der Waals surface area contributed by atoms with Gasteiger partial charge in [0.2, 0.25) is 24.0 Å². The molecule has 0 bridgehead atoms. The number of anilines is 1. The van der Waals surface area contributed by atoms with Crippen molar-refractivity contribution >= 4 is 36.0 Å². The van der Waals surface area contributed by atoms with Crippen LogP contribution in [0.3, 0.4) is 0 Å². The van der Waals surface area contributed by atoms with E-state index in [1.165, 1.54) is 24.3 Å². The fraction of sp³-hybridized carbons (Fsp3) is 0.286. The number of thiazole rings is 1. The lowest BCUT2D eigenvalue weighted by molar-refractivity contribution is 0.120. The normalized spacial score (nSPS) is 17.0. The first-order valence-electron chi connectivity index (χ1n) is 9.77. The van der Waals surface area contributed by atoms with Crippen molar-refractivity contribution in [2.45, 2.75) is 45.0 Å². The van der Waals surface area contributed by atoms with E-state index in [4.69, 9.17) is 4.74 Å². The summed E-state index contributed by atoms with van der Waals surface area (Å²) < 4.78 is 58.1. The highest BCUT2D eigenvalue weighted by molar-refractivity contribution is 7.94. The van der Waals surface area contributed by atoms with Gasteiger partial charge in [-0.05, 0) is 44.0 Å². The van der Waals surface area contributed by atoms with Crippen molar-refractivity contribution in [3.63, 3.8) is 0 Å². The van der Waals surface area contributed by atoms with E-state index in [2.05, 4.69) is 10.3 Å². The number of benzene rings is 2. The van der Waals surface area contributed by atoms with Gasteiger partial charge in [0.05, 0.1) is 15.9 Å². The van der Waals surface area contributed by atoms with Gasteiger partial charge >= 0.3 is 0 Å². The maximum absolute atomic E-state index is 13.3. The Morgan fingerprint density at radius 3 is 2.32 bits per heavy atom. The average Bonchev–Trinajstić information content (AvgIpc) is 3.44. The van der Waals surface area contributed by atoms with Crippen LogP contribution in [0.4, 0.5) is 5.00 Å². The molecule has 0 unspecified atom stereocenters. The van der Waals surface area contributed by atoms with Crippen molar-refractivity contribution < 1.29 is 21.6 Å². The standard InChI is InChI=1S/C21H22N2O5S3/c1-15-9-11-18(12-10-15)30(24,25)20-19(22-14-16-6-5-13-28-16)29-21(23-20)31(26,27)17-7-3-2-4-8-17/h2-4,7-12,16,22H,5-6,13-14H2,1H3/t16-/m0/s1. The molecule has 0 radical (unpaired) electrons. The van der Waals surface area contributed by atoms with Crippen molar-refractivity contribution in [1.82, 2.24) is 4.98 Å². The Bertz CT molecular complexity index is 1260. The minimum atomic E-state index is -4.02. The first-order valence-corrected chi connectivity index (χ1v) is 13.5. The van der Waals surface area contributed by atoms with E-state index in [-0.39, 0.29) is 30.3 Å². The lowest BCUT2D eigenvalue weighted by Crippen LogP contribution is -2.19. The fourth-order valence-corrected chi connectivity index (χ4v) is 7.56. The number of nitrogens with one attached hydrogen (secondary N) is 1. The first kappa shape index (κ1) is 21.9. The molecule has 1 N–H and O–H groups in total. The molecule has 1 aliphatic rings. The van der Waals surface area contributed by atoms with Gasteiger partial charge in [-0.25, -0.2) is 21.8 Å². The Labute approximate surface area is 186 Å². The van der Waals surface area contributed by atoms with Crippen LogP contribution in [0.15, 0.2) is 73.8 Å². The van der Waals surface area contributed by atoms with E-state index in [1.54, 1.807) is 30.3 Å². The highest BCUT2D eigenvalue weighted by Crippen LogP contribution is 2.37. The van der Waals surface area contributed by atoms with Crippen LogP contribution in [0, 0.1) is 6.92 Å². The molecule has 0 spiro atoms. The predicted octanol–water partition coefficient (Wildman–Crippen LogP) is 3.71. The van der Waals surface area contributed by atoms with Gasteiger partial charge in [0, 0.05) is 13.2 Å². The van der Waals surface area contributed by atoms with Crippen LogP contribution in [0.25, 0.3) is 0 Å². The predicted molar refractivity (Wildman–Crippen MR) is 118 cm³/mol. The summed E-state index contributed by atoms with van der Waals surface area (Å²) in [5.74, 6) is 0. The molecule has 1 aromatic heterocycles. The van der Waals surface area contributed by atoms with Crippen molar-refractivity contribution in [3.8, 4) is 0 Å². The van der Waals surface area contributed by atoms with E-state index in [9.17, 15) is 16.8 Å². The van der Waals surface area contributed by atoms with E-state index < -0.39 is 19.7 Å². The number of aromatic nitrogens is 1. The molecular formula is C21H22N2O5S3. The summed E-state index contributed by atoms with van der Waals surface area (Å²) in [5, 5.41) is 2.99. The topological polar surface area (TPSA) is 102 Å². The minimum Gasteiger partial charge on any atom is -0.376 e. The van der Waals surface area contributed by atoms with Crippen molar-refractivity contribution in [1.29, 1.82) is 0 Å². The molecule has 4 rings (SSSR count). The number of aryl methyl sites for hydroxylation is 1. The van der Waals surface area contributed by atoms with Crippen LogP contribution in [-0.4, -0.2) is 41.1 Å². The quantitative estimate of drug-likeness (QED) is 0.552. The molecule has 2 aromatic carbocycles. The third-order valence-corrected chi connectivity index (χ3v) is 9.95. The molecule has 0 saturated carbocycles. The second-order valence-corrected chi connectivity index (χ2v) is 12.3. The molecule has 31 heavy (non-hydrogen) atoms. The molecular weight excluding hydrogens is 456 g/mol. The zero-order valence-electron chi connectivity index (χ0n) is 16.8. The Kier molecular flexibility index (Phi) is 6.16. The van der Waals surface area contributed by atoms with Crippen LogP contribution < -0.4 is 5.32 Å². The van der Waals surface area contributed by atoms with Gasteiger partial charge in [-0.15, -0.1) is 0 Å². The molecule has 2 heterocycles. The van der Waals surface area contributed by atoms with Crippen LogP contribution in [-0.2, 0) is 24.4 Å². The third kappa shape index (κ3) is 4.52. The summed E-state index contributed by atoms with van der Waals surface area (Å²) in [4.78, 5) is 4.24. The number of ether oxygens (including phenoxy) is 1. The van der Waals surface area contributed by atoms with Crippen LogP contribution in [0.1, 0.15) is 18.4 Å². The Morgan fingerprint density at radius 2 is 1.68 bits per heavy atom. The molecule has 1 aliphatic heterocycles. The van der Waals surface area contributed by atoms with Gasteiger partial charge in [0.15, 0.2) is 5.03 Å². The maximum atomic E-state index is 13.3. The summed E-state index contributed by atoms with van der Waals surface area (Å²) in [6, 6.07) is 14.2. The summed E-state index contributed by atoms with van der Waals surface area (Å²) in [6.45, 7) is 2.90. The monoisotopic (exact) mass is 478 g/mol. The smallest absolute Gasteiger partial charge is 0.233 e. The summed E-state index contributed by atoms with van der Waals surface area (Å²) in [5.41, 5.74) is 0.918. The summed E-state index contributed by atoms with van der Waals surface area (Å²) >= 11 is 0.824. The molecule has 1 atom stereocenters. The SMILES string of the molecule is Cc1ccc(S(=O)(=O)c2nc(S(=O)(=O)c3ccccc3)sc2NC[C@@H]2CCCO2)cc1. The molecule has 7 nitrogen and oxygen atoms in total. The third-order valence-electron chi connectivity index (χ3n) is 4.96. The van der Waals surface area contributed by atoms with Crippen LogP contribution in [0.2, 0.25) is 0 Å². The van der Waals surface area contributed by atoms with E-state index in [1.807, 2.05) is 6.92 Å². The highest BCUT2D eigenvalue weighted by atomic mass is 32.2. The van der Waals surface area contributed by atoms with Gasteiger partial charge in [-0.2, -0.15) is 0 Å². The highest BCUT2D eigenvalue weighted by Gasteiger charge is 2.32. The minimum absolute atomic E-state index is 0.0498. The maximum Gasteiger partial charge on any atom is 0.233 e. The second kappa shape index (κ2) is 8.70. The van der Waals surface area contributed by atoms with E-state index >= 15 is 0 Å². The van der Waals surface area contributed by atoms with Gasteiger partial charge in [-0.1, -0.05) is 47.2 Å². The fourth-order valence-electron chi connectivity index (χ4n) is 3.24. The zero-order chi connectivity index (χ0) is 22.1. The first-order chi connectivity index (χ1) is 14.8. The number of hydrogen-bond acceptors (Lipinski definition) is 8. The summed E-state index contributed by atoms with van der Waals surface area (Å²) in [6.07, 6.45) is 1.75. The number of hydrogen-bond donors (Lipinski definition) is 1. The van der Waals surface area contributed by atoms with Crippen molar-refractivity contribution in [3.05, 3.63) is 60.2 Å². The van der Waals surface area contributed by atoms with Crippen molar-refractivity contribution in [2.75, 3.05) is 18.5 Å².